The number of Topliss-reactive ketones (excluding diaryl/α,β-unsaturated/α-hetero) is 1. The van der Waals surface area contributed by atoms with Gasteiger partial charge < -0.3 is 0 Å². The molecule has 0 aliphatic heterocycles. The van der Waals surface area contributed by atoms with Crippen LogP contribution in [0, 0.1) is 11.8 Å². The number of carbonyl (C=O) groups excluding carboxylic acids is 1. The zero-order chi connectivity index (χ0) is 8.39. The van der Waals surface area contributed by atoms with Gasteiger partial charge in [0.05, 0.1) is 0 Å². The number of fused-ring (bicyclic) bond motifs is 1. The van der Waals surface area contributed by atoms with E-state index >= 15 is 0 Å². The number of hydrogen-bond donors (Lipinski definition) is 0. The first-order valence-electron chi connectivity index (χ1n) is 5.40. The van der Waals surface area contributed by atoms with Crippen molar-refractivity contribution in [3.63, 3.8) is 0 Å². The van der Waals surface area contributed by atoms with Gasteiger partial charge in [0.1, 0.15) is 5.78 Å². The summed E-state index contributed by atoms with van der Waals surface area (Å²) in [5.74, 6) is 1.83. The highest BCUT2D eigenvalue weighted by atomic mass is 16.1. The summed E-state index contributed by atoms with van der Waals surface area (Å²) < 4.78 is 0. The molecular formula is C11H18O. The first-order chi connectivity index (χ1) is 5.88. The molecule has 1 heteroatoms. The molecule has 0 aromatic carbocycles. The number of hydrogen-bond acceptors (Lipinski definition) is 1. The lowest BCUT2D eigenvalue weighted by Crippen LogP contribution is -2.20. The van der Waals surface area contributed by atoms with Gasteiger partial charge in [-0.1, -0.05) is 19.3 Å². The summed E-state index contributed by atoms with van der Waals surface area (Å²) in [4.78, 5) is 11.6. The van der Waals surface area contributed by atoms with Crippen molar-refractivity contribution in [1.82, 2.24) is 0 Å². The van der Waals surface area contributed by atoms with E-state index in [1.807, 2.05) is 0 Å². The maximum Gasteiger partial charge on any atom is 0.136 e. The van der Waals surface area contributed by atoms with Gasteiger partial charge >= 0.3 is 0 Å². The fourth-order valence-electron chi connectivity index (χ4n) is 2.87. The van der Waals surface area contributed by atoms with E-state index in [0.717, 1.165) is 18.8 Å². The highest BCUT2D eigenvalue weighted by Gasteiger charge is 2.32. The molecule has 0 aromatic rings. The van der Waals surface area contributed by atoms with Crippen molar-refractivity contribution >= 4 is 5.78 Å². The highest BCUT2D eigenvalue weighted by Crippen LogP contribution is 2.38. The van der Waals surface area contributed by atoms with E-state index in [2.05, 4.69) is 0 Å². The van der Waals surface area contributed by atoms with Crippen molar-refractivity contribution in [2.24, 2.45) is 11.8 Å². The largest absolute Gasteiger partial charge is 0.299 e. The van der Waals surface area contributed by atoms with Gasteiger partial charge in [-0.15, -0.1) is 0 Å². The van der Waals surface area contributed by atoms with E-state index in [0.29, 0.717) is 11.7 Å². The van der Waals surface area contributed by atoms with Crippen molar-refractivity contribution in [2.75, 3.05) is 0 Å². The molecule has 68 valence electrons. The zero-order valence-corrected chi connectivity index (χ0v) is 7.72. The molecule has 2 aliphatic carbocycles. The lowest BCUT2D eigenvalue weighted by Gasteiger charge is -2.20. The molecule has 2 fully saturated rings. The van der Waals surface area contributed by atoms with Crippen molar-refractivity contribution in [2.45, 2.75) is 51.4 Å². The average Bonchev–Trinajstić information content (AvgIpc) is 2.47. The molecule has 2 saturated carbocycles. The summed E-state index contributed by atoms with van der Waals surface area (Å²) in [5, 5.41) is 0. The van der Waals surface area contributed by atoms with Gasteiger partial charge in [-0.05, 0) is 31.6 Å². The number of ketones is 1. The van der Waals surface area contributed by atoms with Crippen LogP contribution in [0.5, 0.6) is 0 Å². The standard InChI is InChI=1S/C11H18O/c12-11-8-3-1-2-5-9-6-4-7-10(9)11/h9-10H,1-8H2. The van der Waals surface area contributed by atoms with Crippen LogP contribution in [0.15, 0.2) is 0 Å². The van der Waals surface area contributed by atoms with Crippen LogP contribution in [-0.2, 0) is 4.79 Å². The van der Waals surface area contributed by atoms with E-state index in [1.165, 1.54) is 38.5 Å². The zero-order valence-electron chi connectivity index (χ0n) is 7.72. The van der Waals surface area contributed by atoms with Crippen LogP contribution in [0.4, 0.5) is 0 Å². The Morgan fingerprint density at radius 3 is 2.67 bits per heavy atom. The molecule has 0 amide bonds. The van der Waals surface area contributed by atoms with Crippen LogP contribution in [0.2, 0.25) is 0 Å². The Balaban J connectivity index is 2.03. The van der Waals surface area contributed by atoms with E-state index in [-0.39, 0.29) is 0 Å². The molecule has 12 heavy (non-hydrogen) atoms. The SMILES string of the molecule is O=C1CCCCCC2CCCC12. The van der Waals surface area contributed by atoms with Crippen LogP contribution in [0.3, 0.4) is 0 Å². The fourth-order valence-corrected chi connectivity index (χ4v) is 2.87. The fraction of sp³-hybridized carbons (Fsp3) is 0.909. The third kappa shape index (κ3) is 1.55. The maximum absolute atomic E-state index is 11.6. The molecule has 0 saturated heterocycles. The van der Waals surface area contributed by atoms with Crippen LogP contribution >= 0.6 is 0 Å². The molecule has 0 heterocycles. The van der Waals surface area contributed by atoms with Gasteiger partial charge in [0.25, 0.3) is 0 Å². The van der Waals surface area contributed by atoms with Gasteiger partial charge in [-0.25, -0.2) is 0 Å². The third-order valence-corrected chi connectivity index (χ3v) is 3.57. The smallest absolute Gasteiger partial charge is 0.136 e. The molecule has 1 nitrogen and oxygen atoms in total. The van der Waals surface area contributed by atoms with Crippen LogP contribution < -0.4 is 0 Å². The average molecular weight is 166 g/mol. The normalized spacial score (nSPS) is 37.2. The molecule has 0 radical (unpaired) electrons. The summed E-state index contributed by atoms with van der Waals surface area (Å²) in [6.45, 7) is 0. The molecule has 2 atom stereocenters. The lowest BCUT2D eigenvalue weighted by atomic mass is 9.83. The van der Waals surface area contributed by atoms with Gasteiger partial charge in [0.15, 0.2) is 0 Å². The predicted molar refractivity (Wildman–Crippen MR) is 48.9 cm³/mol. The van der Waals surface area contributed by atoms with Crippen LogP contribution in [0.1, 0.15) is 51.4 Å². The molecule has 2 rings (SSSR count). The Morgan fingerprint density at radius 1 is 0.917 bits per heavy atom. The minimum Gasteiger partial charge on any atom is -0.299 e. The third-order valence-electron chi connectivity index (χ3n) is 3.57. The molecule has 2 unspecified atom stereocenters. The summed E-state index contributed by atoms with van der Waals surface area (Å²) in [6, 6.07) is 0. The van der Waals surface area contributed by atoms with E-state index in [4.69, 9.17) is 0 Å². The number of rotatable bonds is 0. The highest BCUT2D eigenvalue weighted by molar-refractivity contribution is 5.81. The van der Waals surface area contributed by atoms with Gasteiger partial charge in [0, 0.05) is 12.3 Å². The Labute approximate surface area is 74.5 Å². The Morgan fingerprint density at radius 2 is 1.75 bits per heavy atom. The molecule has 2 aliphatic rings. The predicted octanol–water partition coefficient (Wildman–Crippen LogP) is 2.94. The van der Waals surface area contributed by atoms with Crippen molar-refractivity contribution in [3.05, 3.63) is 0 Å². The van der Waals surface area contributed by atoms with Crippen molar-refractivity contribution in [3.8, 4) is 0 Å². The topological polar surface area (TPSA) is 17.1 Å². The Hall–Kier alpha value is -0.330. The van der Waals surface area contributed by atoms with E-state index in [1.54, 1.807) is 0 Å². The van der Waals surface area contributed by atoms with Crippen molar-refractivity contribution in [1.29, 1.82) is 0 Å². The Bertz CT molecular complexity index is 174. The molecule has 0 aromatic heterocycles. The summed E-state index contributed by atoms with van der Waals surface area (Å²) >= 11 is 0. The van der Waals surface area contributed by atoms with E-state index < -0.39 is 0 Å². The van der Waals surface area contributed by atoms with Gasteiger partial charge in [-0.2, -0.15) is 0 Å². The number of carbonyl (C=O) groups is 1. The van der Waals surface area contributed by atoms with Crippen LogP contribution in [-0.4, -0.2) is 5.78 Å². The second-order valence-electron chi connectivity index (χ2n) is 4.36. The molecule has 0 N–H and O–H groups in total. The van der Waals surface area contributed by atoms with Crippen molar-refractivity contribution < 1.29 is 4.79 Å². The minimum absolute atomic E-state index is 0.477. The lowest BCUT2D eigenvalue weighted by molar-refractivity contribution is -0.124. The van der Waals surface area contributed by atoms with Crippen LogP contribution in [0.25, 0.3) is 0 Å². The molecule has 0 bridgehead atoms. The maximum atomic E-state index is 11.6. The van der Waals surface area contributed by atoms with Gasteiger partial charge in [0.2, 0.25) is 0 Å². The van der Waals surface area contributed by atoms with Gasteiger partial charge in [-0.3, -0.25) is 4.79 Å². The second kappa shape index (κ2) is 3.59. The Kier molecular flexibility index (Phi) is 2.48. The second-order valence-corrected chi connectivity index (χ2v) is 4.36. The first-order valence-corrected chi connectivity index (χ1v) is 5.40. The molecule has 0 spiro atoms. The molecular weight excluding hydrogens is 148 g/mol. The minimum atomic E-state index is 0.477. The summed E-state index contributed by atoms with van der Waals surface area (Å²) in [5.41, 5.74) is 0. The van der Waals surface area contributed by atoms with E-state index in [9.17, 15) is 4.79 Å². The first kappa shape index (κ1) is 8.28. The summed E-state index contributed by atoms with van der Waals surface area (Å²) in [6.07, 6.45) is 9.85. The quantitative estimate of drug-likeness (QED) is 0.540. The monoisotopic (exact) mass is 166 g/mol. The summed E-state index contributed by atoms with van der Waals surface area (Å²) in [7, 11) is 0.